The van der Waals surface area contributed by atoms with Crippen LogP contribution in [0.1, 0.15) is 24.1 Å². The third-order valence-corrected chi connectivity index (χ3v) is 2.62. The van der Waals surface area contributed by atoms with Gasteiger partial charge in [0.05, 0.1) is 0 Å². The van der Waals surface area contributed by atoms with E-state index >= 15 is 0 Å². The Hall–Kier alpha value is -0.740. The van der Waals surface area contributed by atoms with E-state index in [2.05, 4.69) is 27.8 Å². The first-order valence-electron chi connectivity index (χ1n) is 4.94. The minimum absolute atomic E-state index is 0.260. The molecule has 0 saturated carbocycles. The zero-order valence-electron chi connectivity index (χ0n) is 9.28. The molecule has 0 bridgehead atoms. The maximum absolute atomic E-state index is 13.6. The van der Waals surface area contributed by atoms with Crippen molar-refractivity contribution in [3.05, 3.63) is 46.0 Å². The third kappa shape index (κ3) is 3.39. The summed E-state index contributed by atoms with van der Waals surface area (Å²) in [5.74, 6) is -0.776. The van der Waals surface area contributed by atoms with E-state index in [0.29, 0.717) is 17.7 Å². The van der Waals surface area contributed by atoms with Crippen LogP contribution in [-0.2, 0) is 0 Å². The Morgan fingerprint density at radius 3 is 2.62 bits per heavy atom. The summed E-state index contributed by atoms with van der Waals surface area (Å²) in [4.78, 5) is 0. The molecule has 0 spiro atoms. The number of hydrogen-bond donors (Lipinski definition) is 1. The molecule has 0 amide bonds. The standard InChI is InChI=1S/C12H14BrF2N/c1-7-4-12(15)10(5-11(7)14)9(3)16-6-8(2)13/h4-5,9,16H,2,6H2,1,3H3. The predicted molar refractivity (Wildman–Crippen MR) is 65.6 cm³/mol. The predicted octanol–water partition coefficient (Wildman–Crippen LogP) is 3.83. The molecule has 1 aromatic rings. The van der Waals surface area contributed by atoms with E-state index in [9.17, 15) is 8.78 Å². The quantitative estimate of drug-likeness (QED) is 0.888. The molecule has 0 fully saturated rings. The molecule has 0 aliphatic heterocycles. The summed E-state index contributed by atoms with van der Waals surface area (Å²) in [6.45, 7) is 7.49. The molecular weight excluding hydrogens is 276 g/mol. The lowest BCUT2D eigenvalue weighted by Gasteiger charge is -2.15. The van der Waals surface area contributed by atoms with Crippen LogP contribution < -0.4 is 5.32 Å². The Morgan fingerprint density at radius 2 is 2.06 bits per heavy atom. The highest BCUT2D eigenvalue weighted by molar-refractivity contribution is 9.11. The van der Waals surface area contributed by atoms with Crippen LogP contribution in [0.2, 0.25) is 0 Å². The van der Waals surface area contributed by atoms with Gasteiger partial charge in [0.15, 0.2) is 0 Å². The van der Waals surface area contributed by atoms with Crippen molar-refractivity contribution in [2.75, 3.05) is 6.54 Å². The summed E-state index contributed by atoms with van der Waals surface area (Å²) in [6, 6.07) is 2.19. The van der Waals surface area contributed by atoms with Crippen molar-refractivity contribution in [2.24, 2.45) is 0 Å². The fraction of sp³-hybridized carbons (Fsp3) is 0.333. The van der Waals surface area contributed by atoms with Gasteiger partial charge in [0.1, 0.15) is 11.6 Å². The highest BCUT2D eigenvalue weighted by Crippen LogP contribution is 2.20. The molecule has 4 heteroatoms. The number of rotatable bonds is 4. The highest BCUT2D eigenvalue weighted by atomic mass is 79.9. The molecule has 1 rings (SSSR count). The second-order valence-electron chi connectivity index (χ2n) is 3.74. The Bertz CT molecular complexity index is 404. The normalized spacial score (nSPS) is 12.6. The van der Waals surface area contributed by atoms with Gasteiger partial charge in [0.2, 0.25) is 0 Å². The summed E-state index contributed by atoms with van der Waals surface area (Å²) in [7, 11) is 0. The van der Waals surface area contributed by atoms with Crippen molar-refractivity contribution in [3.8, 4) is 0 Å². The topological polar surface area (TPSA) is 12.0 Å². The number of halogens is 3. The average molecular weight is 290 g/mol. The largest absolute Gasteiger partial charge is 0.306 e. The zero-order chi connectivity index (χ0) is 12.3. The van der Waals surface area contributed by atoms with E-state index < -0.39 is 0 Å². The highest BCUT2D eigenvalue weighted by Gasteiger charge is 2.13. The molecule has 0 heterocycles. The summed E-state index contributed by atoms with van der Waals surface area (Å²) in [6.07, 6.45) is 0. The van der Waals surface area contributed by atoms with Crippen LogP contribution >= 0.6 is 15.9 Å². The monoisotopic (exact) mass is 289 g/mol. The van der Waals surface area contributed by atoms with Crippen LogP contribution in [-0.4, -0.2) is 6.54 Å². The number of benzene rings is 1. The summed E-state index contributed by atoms with van der Waals surface area (Å²) < 4.78 is 27.6. The minimum Gasteiger partial charge on any atom is -0.306 e. The molecule has 0 radical (unpaired) electrons. The van der Waals surface area contributed by atoms with E-state index in [1.54, 1.807) is 13.8 Å². The van der Waals surface area contributed by atoms with E-state index in [1.165, 1.54) is 12.1 Å². The molecule has 0 aliphatic rings. The van der Waals surface area contributed by atoms with Gasteiger partial charge in [-0.05, 0) is 31.5 Å². The first-order valence-corrected chi connectivity index (χ1v) is 5.73. The van der Waals surface area contributed by atoms with Gasteiger partial charge >= 0.3 is 0 Å². The van der Waals surface area contributed by atoms with Crippen LogP contribution in [0.5, 0.6) is 0 Å². The van der Waals surface area contributed by atoms with Gasteiger partial charge in [-0.3, -0.25) is 0 Å². The van der Waals surface area contributed by atoms with Crippen molar-refractivity contribution in [1.29, 1.82) is 0 Å². The first kappa shape index (κ1) is 13.3. The maximum atomic E-state index is 13.6. The Kier molecular flexibility index (Phi) is 4.62. The molecule has 1 nitrogen and oxygen atoms in total. The number of aryl methyl sites for hydroxylation is 1. The van der Waals surface area contributed by atoms with Crippen molar-refractivity contribution in [1.82, 2.24) is 5.32 Å². The van der Waals surface area contributed by atoms with Crippen LogP contribution in [0, 0.1) is 18.6 Å². The van der Waals surface area contributed by atoms with E-state index in [-0.39, 0.29) is 17.7 Å². The van der Waals surface area contributed by atoms with Crippen molar-refractivity contribution in [3.63, 3.8) is 0 Å². The van der Waals surface area contributed by atoms with Crippen molar-refractivity contribution in [2.45, 2.75) is 19.9 Å². The SMILES string of the molecule is C=C(Br)CNC(C)c1cc(F)c(C)cc1F. The number of hydrogen-bond acceptors (Lipinski definition) is 1. The summed E-state index contributed by atoms with van der Waals surface area (Å²) in [5.41, 5.74) is 0.648. The fourth-order valence-corrected chi connectivity index (χ4v) is 1.53. The molecule has 1 unspecified atom stereocenters. The minimum atomic E-state index is -0.390. The Balaban J connectivity index is 2.86. The first-order chi connectivity index (χ1) is 7.41. The molecular formula is C12H14BrF2N. The van der Waals surface area contributed by atoms with Gasteiger partial charge in [0.25, 0.3) is 0 Å². The van der Waals surface area contributed by atoms with Gasteiger partial charge < -0.3 is 5.32 Å². The Labute approximate surface area is 103 Å². The van der Waals surface area contributed by atoms with Crippen molar-refractivity contribution < 1.29 is 8.78 Å². The summed E-state index contributed by atoms with van der Waals surface area (Å²) >= 11 is 3.20. The van der Waals surface area contributed by atoms with Crippen LogP contribution in [0.25, 0.3) is 0 Å². The average Bonchev–Trinajstić information content (AvgIpc) is 2.20. The third-order valence-electron chi connectivity index (χ3n) is 2.34. The van der Waals surface area contributed by atoms with Gasteiger partial charge in [-0.25, -0.2) is 8.78 Å². The lowest BCUT2D eigenvalue weighted by Crippen LogP contribution is -2.21. The van der Waals surface area contributed by atoms with E-state index in [4.69, 9.17) is 0 Å². The molecule has 0 aromatic heterocycles. The lowest BCUT2D eigenvalue weighted by molar-refractivity contribution is 0.532. The molecule has 16 heavy (non-hydrogen) atoms. The molecule has 1 N–H and O–H groups in total. The van der Waals surface area contributed by atoms with Crippen molar-refractivity contribution >= 4 is 15.9 Å². The van der Waals surface area contributed by atoms with Crippen LogP contribution in [0.3, 0.4) is 0 Å². The lowest BCUT2D eigenvalue weighted by atomic mass is 10.1. The molecule has 0 aliphatic carbocycles. The Morgan fingerprint density at radius 1 is 1.44 bits per heavy atom. The molecule has 88 valence electrons. The van der Waals surface area contributed by atoms with E-state index in [0.717, 1.165) is 4.48 Å². The number of nitrogens with one attached hydrogen (secondary N) is 1. The van der Waals surface area contributed by atoms with Gasteiger partial charge in [-0.1, -0.05) is 22.5 Å². The zero-order valence-corrected chi connectivity index (χ0v) is 10.9. The molecule has 0 saturated heterocycles. The molecule has 1 aromatic carbocycles. The maximum Gasteiger partial charge on any atom is 0.128 e. The second-order valence-corrected chi connectivity index (χ2v) is 4.86. The fourth-order valence-electron chi connectivity index (χ4n) is 1.37. The van der Waals surface area contributed by atoms with Crippen LogP contribution in [0.15, 0.2) is 23.2 Å². The van der Waals surface area contributed by atoms with Gasteiger partial charge in [-0.2, -0.15) is 0 Å². The smallest absolute Gasteiger partial charge is 0.128 e. The molecule has 1 atom stereocenters. The van der Waals surface area contributed by atoms with E-state index in [1.807, 2.05) is 0 Å². The van der Waals surface area contributed by atoms with Crippen LogP contribution in [0.4, 0.5) is 8.78 Å². The van der Waals surface area contributed by atoms with Gasteiger partial charge in [0, 0.05) is 22.6 Å². The summed E-state index contributed by atoms with van der Waals surface area (Å²) in [5, 5.41) is 3.03. The van der Waals surface area contributed by atoms with Gasteiger partial charge in [-0.15, -0.1) is 0 Å². The second kappa shape index (κ2) is 5.55.